The molecule has 0 radical (unpaired) electrons. The fourth-order valence-electron chi connectivity index (χ4n) is 3.58. The standard InChI is InChI=1S/C23H24FN5O5/c1-23(2,3)33-22(30)28-12-10-27(11-13-28)18-9-6-16(14-19(18)29(31)32)21-25-20(26-34-21)15-4-7-17(24)8-5-15/h4-9,14H,10-13H2,1-3H3. The van der Waals surface area contributed by atoms with Gasteiger partial charge in [-0.15, -0.1) is 0 Å². The van der Waals surface area contributed by atoms with Crippen molar-refractivity contribution in [3.8, 4) is 22.8 Å². The van der Waals surface area contributed by atoms with Gasteiger partial charge in [-0.25, -0.2) is 9.18 Å². The summed E-state index contributed by atoms with van der Waals surface area (Å²) in [6.07, 6.45) is -0.398. The molecule has 0 saturated carbocycles. The van der Waals surface area contributed by atoms with Crippen molar-refractivity contribution in [3.63, 3.8) is 0 Å². The van der Waals surface area contributed by atoms with Crippen molar-refractivity contribution in [3.05, 3.63) is 58.4 Å². The molecular weight excluding hydrogens is 445 g/mol. The quantitative estimate of drug-likeness (QED) is 0.405. The minimum Gasteiger partial charge on any atom is -0.444 e. The fraction of sp³-hybridized carbons (Fsp3) is 0.348. The van der Waals surface area contributed by atoms with E-state index < -0.39 is 16.6 Å². The normalized spacial score (nSPS) is 14.2. The van der Waals surface area contributed by atoms with Crippen LogP contribution in [-0.2, 0) is 4.74 Å². The van der Waals surface area contributed by atoms with Crippen molar-refractivity contribution in [1.82, 2.24) is 15.0 Å². The molecule has 1 aromatic heterocycles. The second-order valence-corrected chi connectivity index (χ2v) is 8.85. The lowest BCUT2D eigenvalue weighted by atomic mass is 10.1. The molecule has 0 N–H and O–H groups in total. The molecule has 0 spiro atoms. The van der Waals surface area contributed by atoms with Gasteiger partial charge in [0.05, 0.1) is 4.92 Å². The minimum absolute atomic E-state index is 0.107. The number of piperazine rings is 1. The third-order valence-corrected chi connectivity index (χ3v) is 5.22. The Morgan fingerprint density at radius 1 is 1.09 bits per heavy atom. The average molecular weight is 469 g/mol. The van der Waals surface area contributed by atoms with Crippen LogP contribution in [0.5, 0.6) is 0 Å². The van der Waals surface area contributed by atoms with E-state index in [0.29, 0.717) is 43.0 Å². The molecule has 0 atom stereocenters. The van der Waals surface area contributed by atoms with Crippen LogP contribution in [0.1, 0.15) is 20.8 Å². The van der Waals surface area contributed by atoms with Crippen molar-refractivity contribution < 1.29 is 23.4 Å². The van der Waals surface area contributed by atoms with E-state index in [1.807, 2.05) is 4.90 Å². The summed E-state index contributed by atoms with van der Waals surface area (Å²) in [6.45, 7) is 7.04. The van der Waals surface area contributed by atoms with Gasteiger partial charge in [0.25, 0.3) is 11.6 Å². The number of halogens is 1. The van der Waals surface area contributed by atoms with Gasteiger partial charge in [-0.05, 0) is 57.2 Å². The molecule has 1 amide bonds. The predicted octanol–water partition coefficient (Wildman–Crippen LogP) is 4.51. The highest BCUT2D eigenvalue weighted by atomic mass is 19.1. The van der Waals surface area contributed by atoms with Crippen LogP contribution in [0.4, 0.5) is 20.6 Å². The molecule has 11 heteroatoms. The number of carbonyl (C=O) groups excluding carboxylic acids is 1. The SMILES string of the molecule is CC(C)(C)OC(=O)N1CCN(c2ccc(-c3nc(-c4ccc(F)cc4)no3)cc2[N+](=O)[O-])CC1. The van der Waals surface area contributed by atoms with Crippen LogP contribution >= 0.6 is 0 Å². The Labute approximate surface area is 195 Å². The molecule has 0 aliphatic carbocycles. The molecule has 178 valence electrons. The summed E-state index contributed by atoms with van der Waals surface area (Å²) in [5.74, 6) is -0.0191. The number of aromatic nitrogens is 2. The third kappa shape index (κ3) is 5.13. The molecule has 1 aliphatic heterocycles. The predicted molar refractivity (Wildman–Crippen MR) is 122 cm³/mol. The van der Waals surface area contributed by atoms with Gasteiger partial charge in [0.1, 0.15) is 17.1 Å². The number of benzene rings is 2. The van der Waals surface area contributed by atoms with E-state index in [0.717, 1.165) is 0 Å². The van der Waals surface area contributed by atoms with Crippen LogP contribution in [0.3, 0.4) is 0 Å². The van der Waals surface area contributed by atoms with Gasteiger partial charge in [-0.3, -0.25) is 10.1 Å². The number of rotatable bonds is 4. The van der Waals surface area contributed by atoms with Crippen LogP contribution < -0.4 is 4.90 Å². The number of hydrogen-bond donors (Lipinski definition) is 0. The minimum atomic E-state index is -0.589. The average Bonchev–Trinajstić information content (AvgIpc) is 3.28. The summed E-state index contributed by atoms with van der Waals surface area (Å²) in [7, 11) is 0. The highest BCUT2D eigenvalue weighted by molar-refractivity contribution is 5.73. The van der Waals surface area contributed by atoms with Gasteiger partial charge in [0.15, 0.2) is 0 Å². The lowest BCUT2D eigenvalue weighted by Gasteiger charge is -2.36. The monoisotopic (exact) mass is 469 g/mol. The topological polar surface area (TPSA) is 115 Å². The summed E-state index contributed by atoms with van der Waals surface area (Å²) in [5, 5.41) is 15.7. The Kier molecular flexibility index (Phi) is 6.18. The molecule has 1 aliphatic rings. The number of nitrogens with zero attached hydrogens (tertiary/aromatic N) is 5. The summed E-state index contributed by atoms with van der Waals surface area (Å²) in [6, 6.07) is 10.3. The van der Waals surface area contributed by atoms with Crippen LogP contribution in [0.15, 0.2) is 47.0 Å². The summed E-state index contributed by atoms with van der Waals surface area (Å²) in [5.41, 5.74) is 0.698. The molecule has 2 heterocycles. The van der Waals surface area contributed by atoms with E-state index in [-0.39, 0.29) is 23.2 Å². The largest absolute Gasteiger partial charge is 0.444 e. The van der Waals surface area contributed by atoms with Crippen molar-refractivity contribution >= 4 is 17.5 Å². The van der Waals surface area contributed by atoms with Gasteiger partial charge in [0.2, 0.25) is 5.82 Å². The Balaban J connectivity index is 1.51. The first kappa shape index (κ1) is 23.1. The molecule has 3 aromatic rings. The fourth-order valence-corrected chi connectivity index (χ4v) is 3.58. The molecule has 2 aromatic carbocycles. The van der Waals surface area contributed by atoms with Crippen LogP contribution in [-0.4, -0.2) is 57.8 Å². The highest BCUT2D eigenvalue weighted by Gasteiger charge is 2.29. The van der Waals surface area contributed by atoms with E-state index in [9.17, 15) is 19.3 Å². The number of nitro benzene ring substituents is 1. The maximum atomic E-state index is 13.2. The first-order chi connectivity index (χ1) is 16.1. The molecule has 0 unspecified atom stereocenters. The number of carbonyl (C=O) groups is 1. The summed E-state index contributed by atoms with van der Waals surface area (Å²) in [4.78, 5) is 31.4. The zero-order valence-electron chi connectivity index (χ0n) is 19.0. The van der Waals surface area contributed by atoms with Crippen LogP contribution in [0.25, 0.3) is 22.8 Å². The van der Waals surface area contributed by atoms with Gasteiger partial charge < -0.3 is 19.1 Å². The molecular formula is C23H24FN5O5. The van der Waals surface area contributed by atoms with Gasteiger partial charge in [-0.1, -0.05) is 5.16 Å². The van der Waals surface area contributed by atoms with E-state index in [2.05, 4.69) is 10.1 Å². The number of amides is 1. The smallest absolute Gasteiger partial charge is 0.410 e. The third-order valence-electron chi connectivity index (χ3n) is 5.22. The van der Waals surface area contributed by atoms with Gasteiger partial charge >= 0.3 is 6.09 Å². The maximum Gasteiger partial charge on any atom is 0.410 e. The van der Waals surface area contributed by atoms with Gasteiger partial charge in [-0.2, -0.15) is 4.98 Å². The number of anilines is 1. The Hall–Kier alpha value is -4.02. The van der Waals surface area contributed by atoms with E-state index in [1.54, 1.807) is 37.8 Å². The number of ether oxygens (including phenoxy) is 1. The maximum absolute atomic E-state index is 13.2. The lowest BCUT2D eigenvalue weighted by molar-refractivity contribution is -0.384. The zero-order chi connectivity index (χ0) is 24.5. The van der Waals surface area contributed by atoms with E-state index in [4.69, 9.17) is 9.26 Å². The first-order valence-corrected chi connectivity index (χ1v) is 10.7. The van der Waals surface area contributed by atoms with Crippen molar-refractivity contribution in [2.45, 2.75) is 26.4 Å². The second kappa shape index (κ2) is 9.08. The zero-order valence-corrected chi connectivity index (χ0v) is 19.0. The summed E-state index contributed by atoms with van der Waals surface area (Å²) < 4.78 is 23.8. The number of hydrogen-bond acceptors (Lipinski definition) is 8. The van der Waals surface area contributed by atoms with Crippen LogP contribution in [0, 0.1) is 15.9 Å². The van der Waals surface area contributed by atoms with E-state index in [1.165, 1.54) is 30.3 Å². The molecule has 0 bridgehead atoms. The first-order valence-electron chi connectivity index (χ1n) is 10.7. The van der Waals surface area contributed by atoms with Crippen LogP contribution in [0.2, 0.25) is 0 Å². The molecule has 34 heavy (non-hydrogen) atoms. The molecule has 4 rings (SSSR count). The Bertz CT molecular complexity index is 1200. The highest BCUT2D eigenvalue weighted by Crippen LogP contribution is 2.34. The Morgan fingerprint density at radius 3 is 2.35 bits per heavy atom. The second-order valence-electron chi connectivity index (χ2n) is 8.85. The van der Waals surface area contributed by atoms with Crippen molar-refractivity contribution in [1.29, 1.82) is 0 Å². The molecule has 1 saturated heterocycles. The summed E-state index contributed by atoms with van der Waals surface area (Å²) >= 11 is 0. The van der Waals surface area contributed by atoms with E-state index >= 15 is 0 Å². The van der Waals surface area contributed by atoms with Crippen molar-refractivity contribution in [2.75, 3.05) is 31.1 Å². The van der Waals surface area contributed by atoms with Crippen molar-refractivity contribution in [2.24, 2.45) is 0 Å². The lowest BCUT2D eigenvalue weighted by Crippen LogP contribution is -2.50. The van der Waals surface area contributed by atoms with Gasteiger partial charge in [0, 0.05) is 43.4 Å². The molecule has 1 fully saturated rings. The Morgan fingerprint density at radius 2 is 1.74 bits per heavy atom. The molecule has 10 nitrogen and oxygen atoms in total. The number of nitro groups is 1.